The molecule has 1 aliphatic rings. The molecule has 19 heavy (non-hydrogen) atoms. The van der Waals surface area contributed by atoms with Gasteiger partial charge in [0.2, 0.25) is 0 Å². The van der Waals surface area contributed by atoms with Crippen molar-refractivity contribution in [3.8, 4) is 0 Å². The predicted molar refractivity (Wildman–Crippen MR) is 77.9 cm³/mol. The molecule has 5 heteroatoms. The highest BCUT2D eigenvalue weighted by Crippen LogP contribution is 2.28. The van der Waals surface area contributed by atoms with Crippen LogP contribution in [0.1, 0.15) is 25.0 Å². The molecule has 106 valence electrons. The second-order valence-electron chi connectivity index (χ2n) is 4.83. The monoisotopic (exact) mass is 303 g/mol. The van der Waals surface area contributed by atoms with E-state index in [9.17, 15) is 5.11 Å². The molecule has 2 atom stereocenters. The Morgan fingerprint density at radius 1 is 1.42 bits per heavy atom. The molecule has 2 rings (SSSR count). The lowest BCUT2D eigenvalue weighted by Gasteiger charge is -2.35. The van der Waals surface area contributed by atoms with Crippen LogP contribution in [0, 0.1) is 0 Å². The van der Waals surface area contributed by atoms with Crippen LogP contribution in [0.25, 0.3) is 0 Å². The zero-order chi connectivity index (χ0) is 13.8. The highest BCUT2D eigenvalue weighted by atomic mass is 35.5. The Hall–Kier alpha value is -0.320. The van der Waals surface area contributed by atoms with Gasteiger partial charge in [-0.25, -0.2) is 0 Å². The number of aliphatic hydroxyl groups is 1. The molecule has 2 unspecified atom stereocenters. The van der Waals surface area contributed by atoms with Gasteiger partial charge in [-0.1, -0.05) is 36.2 Å². The van der Waals surface area contributed by atoms with Gasteiger partial charge in [0.1, 0.15) is 12.2 Å². The molecule has 0 bridgehead atoms. The van der Waals surface area contributed by atoms with Gasteiger partial charge in [0, 0.05) is 13.1 Å². The highest BCUT2D eigenvalue weighted by Gasteiger charge is 2.27. The van der Waals surface area contributed by atoms with Crippen molar-refractivity contribution in [2.45, 2.75) is 25.6 Å². The smallest absolute Gasteiger partial charge is 0.106 e. The molecule has 1 N–H and O–H groups in total. The minimum Gasteiger partial charge on any atom is -0.386 e. The van der Waals surface area contributed by atoms with E-state index in [1.807, 2.05) is 0 Å². The maximum absolute atomic E-state index is 10.4. The fourth-order valence-corrected chi connectivity index (χ4v) is 2.66. The Kier molecular flexibility index (Phi) is 5.48. The highest BCUT2D eigenvalue weighted by molar-refractivity contribution is 6.42. The van der Waals surface area contributed by atoms with Gasteiger partial charge >= 0.3 is 0 Å². The molecule has 1 aliphatic heterocycles. The normalized spacial score (nSPS) is 22.4. The molecule has 1 aromatic rings. The number of benzene rings is 1. The van der Waals surface area contributed by atoms with E-state index in [2.05, 4.69) is 11.8 Å². The van der Waals surface area contributed by atoms with E-state index >= 15 is 0 Å². The fraction of sp³-hybridized carbons (Fsp3) is 0.571. The summed E-state index contributed by atoms with van der Waals surface area (Å²) in [6.45, 7) is 5.52. The molecular formula is C14H19Cl2NO2. The zero-order valence-corrected chi connectivity index (χ0v) is 12.5. The van der Waals surface area contributed by atoms with E-state index in [4.69, 9.17) is 27.9 Å². The third kappa shape index (κ3) is 3.83. The summed E-state index contributed by atoms with van der Waals surface area (Å²) in [5.41, 5.74) is 0.748. The summed E-state index contributed by atoms with van der Waals surface area (Å²) >= 11 is 11.9. The van der Waals surface area contributed by atoms with E-state index in [1.165, 1.54) is 0 Å². The summed E-state index contributed by atoms with van der Waals surface area (Å²) in [4.78, 5) is 2.31. The second-order valence-corrected chi connectivity index (χ2v) is 5.64. The van der Waals surface area contributed by atoms with Crippen LogP contribution >= 0.6 is 23.2 Å². The number of ether oxygens (including phenoxy) is 1. The van der Waals surface area contributed by atoms with Crippen LogP contribution in [0.2, 0.25) is 10.0 Å². The van der Waals surface area contributed by atoms with Crippen molar-refractivity contribution in [1.29, 1.82) is 0 Å². The van der Waals surface area contributed by atoms with Crippen molar-refractivity contribution >= 4 is 23.2 Å². The van der Waals surface area contributed by atoms with Crippen molar-refractivity contribution in [3.05, 3.63) is 33.8 Å². The summed E-state index contributed by atoms with van der Waals surface area (Å²) in [7, 11) is 0. The van der Waals surface area contributed by atoms with Gasteiger partial charge in [0.15, 0.2) is 0 Å². The average molecular weight is 304 g/mol. The van der Waals surface area contributed by atoms with Gasteiger partial charge in [-0.15, -0.1) is 0 Å². The average Bonchev–Trinajstić information content (AvgIpc) is 2.42. The van der Waals surface area contributed by atoms with E-state index in [0.29, 0.717) is 16.7 Å². The molecule has 0 spiro atoms. The molecule has 0 amide bonds. The molecule has 1 heterocycles. The first-order valence-electron chi connectivity index (χ1n) is 6.58. The number of hydrogen-bond donors (Lipinski definition) is 1. The number of morpholine rings is 1. The topological polar surface area (TPSA) is 32.7 Å². The summed E-state index contributed by atoms with van der Waals surface area (Å²) in [5.74, 6) is 0. The van der Waals surface area contributed by atoms with Crippen molar-refractivity contribution in [1.82, 2.24) is 4.90 Å². The Labute approximate surface area is 124 Å². The predicted octanol–water partition coefficient (Wildman–Crippen LogP) is 3.14. The first kappa shape index (κ1) is 15.1. The van der Waals surface area contributed by atoms with Crippen LogP contribution in [0.3, 0.4) is 0 Å². The molecule has 0 saturated carbocycles. The summed E-state index contributed by atoms with van der Waals surface area (Å²) in [6, 6.07) is 5.20. The summed E-state index contributed by atoms with van der Waals surface area (Å²) < 4.78 is 5.67. The molecule has 0 aromatic heterocycles. The van der Waals surface area contributed by atoms with Gasteiger partial charge in [-0.05, 0) is 30.7 Å². The quantitative estimate of drug-likeness (QED) is 0.927. The largest absolute Gasteiger partial charge is 0.386 e. The van der Waals surface area contributed by atoms with E-state index < -0.39 is 6.10 Å². The third-order valence-electron chi connectivity index (χ3n) is 3.35. The van der Waals surface area contributed by atoms with Crippen LogP contribution in [-0.2, 0) is 4.74 Å². The van der Waals surface area contributed by atoms with Crippen LogP contribution in [0.4, 0.5) is 0 Å². The van der Waals surface area contributed by atoms with Crippen molar-refractivity contribution in [3.63, 3.8) is 0 Å². The van der Waals surface area contributed by atoms with Crippen LogP contribution in [0.15, 0.2) is 18.2 Å². The van der Waals surface area contributed by atoms with Crippen LogP contribution in [0.5, 0.6) is 0 Å². The zero-order valence-electron chi connectivity index (χ0n) is 11.0. The first-order chi connectivity index (χ1) is 9.11. The van der Waals surface area contributed by atoms with Gasteiger partial charge in [-0.3, -0.25) is 4.90 Å². The van der Waals surface area contributed by atoms with Gasteiger partial charge in [-0.2, -0.15) is 0 Å². The van der Waals surface area contributed by atoms with Gasteiger partial charge < -0.3 is 9.84 Å². The van der Waals surface area contributed by atoms with Crippen molar-refractivity contribution < 1.29 is 9.84 Å². The lowest BCUT2D eigenvalue weighted by molar-refractivity contribution is -0.0898. The minimum atomic E-state index is -0.672. The number of aliphatic hydroxyl groups excluding tert-OH is 1. The fourth-order valence-electron chi connectivity index (χ4n) is 2.35. The standard InChI is InChI=1S/C14H19Cl2NO2/c1-2-5-17-6-7-19-13(9-17)14(18)10-3-4-11(15)12(16)8-10/h3-4,8,13-14,18H,2,5-7,9H2,1H3. The third-order valence-corrected chi connectivity index (χ3v) is 4.09. The maximum atomic E-state index is 10.4. The Morgan fingerprint density at radius 2 is 2.21 bits per heavy atom. The molecule has 1 saturated heterocycles. The number of nitrogens with zero attached hydrogens (tertiary/aromatic N) is 1. The Balaban J connectivity index is 2.05. The Morgan fingerprint density at radius 3 is 2.89 bits per heavy atom. The molecule has 3 nitrogen and oxygen atoms in total. The summed E-state index contributed by atoms with van der Waals surface area (Å²) in [6.07, 6.45) is 0.224. The second kappa shape index (κ2) is 6.91. The summed E-state index contributed by atoms with van der Waals surface area (Å²) in [5, 5.41) is 11.3. The van der Waals surface area contributed by atoms with Gasteiger partial charge in [0.05, 0.1) is 16.7 Å². The number of rotatable bonds is 4. The first-order valence-corrected chi connectivity index (χ1v) is 7.34. The van der Waals surface area contributed by atoms with Crippen LogP contribution in [-0.4, -0.2) is 42.4 Å². The molecule has 1 aromatic carbocycles. The van der Waals surface area contributed by atoms with E-state index in [-0.39, 0.29) is 6.10 Å². The molecular weight excluding hydrogens is 285 g/mol. The number of halogens is 2. The van der Waals surface area contributed by atoms with Gasteiger partial charge in [0.25, 0.3) is 0 Å². The molecule has 1 fully saturated rings. The minimum absolute atomic E-state index is 0.211. The van der Waals surface area contributed by atoms with Crippen LogP contribution < -0.4 is 0 Å². The molecule has 0 aliphatic carbocycles. The lowest BCUT2D eigenvalue weighted by Crippen LogP contribution is -2.45. The Bertz CT molecular complexity index is 426. The lowest BCUT2D eigenvalue weighted by atomic mass is 10.0. The maximum Gasteiger partial charge on any atom is 0.106 e. The van der Waals surface area contributed by atoms with Crippen molar-refractivity contribution in [2.24, 2.45) is 0 Å². The SMILES string of the molecule is CCCN1CCOC(C(O)c2ccc(Cl)c(Cl)c2)C1. The molecule has 0 radical (unpaired) electrons. The van der Waals surface area contributed by atoms with E-state index in [0.717, 1.165) is 31.6 Å². The van der Waals surface area contributed by atoms with Crippen molar-refractivity contribution in [2.75, 3.05) is 26.2 Å². The van der Waals surface area contributed by atoms with E-state index in [1.54, 1.807) is 18.2 Å². The number of hydrogen-bond acceptors (Lipinski definition) is 3.